The molecular formula is C16H17NO4. The number of aryl methyl sites for hydroxylation is 1. The first-order chi connectivity index (χ1) is 10.3. The number of ether oxygens (including phenoxy) is 1. The molecule has 0 aliphatic heterocycles. The summed E-state index contributed by atoms with van der Waals surface area (Å²) in [6.07, 6.45) is 9.41. The first kappa shape index (κ1) is 12.7. The highest BCUT2D eigenvalue weighted by molar-refractivity contribution is 5.91. The number of carbonyl (C=O) groups is 1. The molecule has 4 rings (SSSR count). The topological polar surface area (TPSA) is 65.5 Å². The molecule has 2 aliphatic carbocycles. The average molecular weight is 287 g/mol. The maximum Gasteiger partial charge on any atom is 0.342 e. The van der Waals surface area contributed by atoms with Crippen LogP contribution in [0.3, 0.4) is 0 Å². The van der Waals surface area contributed by atoms with Crippen molar-refractivity contribution in [2.75, 3.05) is 0 Å². The Kier molecular flexibility index (Phi) is 3.05. The fraction of sp³-hybridized carbons (Fsp3) is 0.500. The quantitative estimate of drug-likeness (QED) is 0.806. The van der Waals surface area contributed by atoms with Gasteiger partial charge in [-0.2, -0.15) is 0 Å². The van der Waals surface area contributed by atoms with Gasteiger partial charge >= 0.3 is 5.97 Å². The molecular weight excluding hydrogens is 270 g/mol. The summed E-state index contributed by atoms with van der Waals surface area (Å²) in [4.78, 5) is 16.5. The van der Waals surface area contributed by atoms with Crippen LogP contribution in [0.4, 0.5) is 0 Å². The van der Waals surface area contributed by atoms with Crippen molar-refractivity contribution in [3.63, 3.8) is 0 Å². The molecule has 0 saturated heterocycles. The molecule has 0 bridgehead atoms. The number of fused-ring (bicyclic) bond motifs is 1. The molecule has 2 aromatic rings. The Balaban J connectivity index is 1.42. The van der Waals surface area contributed by atoms with Crippen LogP contribution in [-0.2, 0) is 24.2 Å². The number of furan rings is 1. The molecule has 2 aromatic heterocycles. The van der Waals surface area contributed by atoms with Gasteiger partial charge in [0, 0.05) is 17.9 Å². The summed E-state index contributed by atoms with van der Waals surface area (Å²) < 4.78 is 16.2. The van der Waals surface area contributed by atoms with E-state index in [4.69, 9.17) is 13.6 Å². The van der Waals surface area contributed by atoms with Gasteiger partial charge in [-0.05, 0) is 32.1 Å². The SMILES string of the molecule is O=C(OCc1coc(C2CC2)n1)c1coc2c1CCCC2. The predicted molar refractivity (Wildman–Crippen MR) is 72.9 cm³/mol. The van der Waals surface area contributed by atoms with Gasteiger partial charge in [0.2, 0.25) is 0 Å². The van der Waals surface area contributed by atoms with Crippen LogP contribution in [0.2, 0.25) is 0 Å². The Morgan fingerprint density at radius 1 is 1.24 bits per heavy atom. The summed E-state index contributed by atoms with van der Waals surface area (Å²) in [6.45, 7) is 0.148. The van der Waals surface area contributed by atoms with E-state index in [1.807, 2.05) is 0 Å². The van der Waals surface area contributed by atoms with Crippen LogP contribution in [-0.4, -0.2) is 11.0 Å². The van der Waals surface area contributed by atoms with Gasteiger partial charge in [0.05, 0.1) is 0 Å². The lowest BCUT2D eigenvalue weighted by molar-refractivity contribution is 0.0465. The van der Waals surface area contributed by atoms with E-state index in [1.165, 1.54) is 6.26 Å². The Hall–Kier alpha value is -2.04. The van der Waals surface area contributed by atoms with Crippen molar-refractivity contribution in [2.45, 2.75) is 51.0 Å². The number of nitrogens with zero attached hydrogens (tertiary/aromatic N) is 1. The molecule has 0 unspecified atom stereocenters. The Morgan fingerprint density at radius 3 is 2.95 bits per heavy atom. The molecule has 0 N–H and O–H groups in total. The van der Waals surface area contributed by atoms with E-state index in [0.29, 0.717) is 17.2 Å². The van der Waals surface area contributed by atoms with Crippen LogP contribution in [0.1, 0.15) is 64.9 Å². The van der Waals surface area contributed by atoms with Crippen molar-refractivity contribution in [3.8, 4) is 0 Å². The normalized spacial score (nSPS) is 17.5. The first-order valence-electron chi connectivity index (χ1n) is 7.52. The van der Waals surface area contributed by atoms with Crippen LogP contribution in [0.15, 0.2) is 21.4 Å². The molecule has 5 nitrogen and oxygen atoms in total. The highest BCUT2D eigenvalue weighted by Gasteiger charge is 2.29. The second-order valence-corrected chi connectivity index (χ2v) is 5.79. The molecule has 2 aliphatic rings. The minimum Gasteiger partial charge on any atom is -0.468 e. The average Bonchev–Trinajstić information content (AvgIpc) is 3.10. The maximum absolute atomic E-state index is 12.2. The molecule has 110 valence electrons. The second kappa shape index (κ2) is 5.06. The lowest BCUT2D eigenvalue weighted by Crippen LogP contribution is -2.09. The van der Waals surface area contributed by atoms with Crippen molar-refractivity contribution in [1.82, 2.24) is 4.98 Å². The van der Waals surface area contributed by atoms with Crippen LogP contribution in [0.25, 0.3) is 0 Å². The van der Waals surface area contributed by atoms with Gasteiger partial charge in [-0.15, -0.1) is 0 Å². The summed E-state index contributed by atoms with van der Waals surface area (Å²) in [5, 5.41) is 0. The van der Waals surface area contributed by atoms with E-state index in [2.05, 4.69) is 4.98 Å². The van der Waals surface area contributed by atoms with E-state index in [-0.39, 0.29) is 12.6 Å². The van der Waals surface area contributed by atoms with Gasteiger partial charge in [0.25, 0.3) is 0 Å². The maximum atomic E-state index is 12.2. The zero-order valence-electron chi connectivity index (χ0n) is 11.8. The summed E-state index contributed by atoms with van der Waals surface area (Å²) in [7, 11) is 0. The van der Waals surface area contributed by atoms with E-state index < -0.39 is 0 Å². The third-order valence-electron chi connectivity index (χ3n) is 4.13. The van der Waals surface area contributed by atoms with E-state index >= 15 is 0 Å². The lowest BCUT2D eigenvalue weighted by Gasteiger charge is -2.10. The van der Waals surface area contributed by atoms with Crippen molar-refractivity contribution in [1.29, 1.82) is 0 Å². The molecule has 0 radical (unpaired) electrons. The van der Waals surface area contributed by atoms with E-state index in [1.54, 1.807) is 6.26 Å². The van der Waals surface area contributed by atoms with Crippen LogP contribution >= 0.6 is 0 Å². The molecule has 0 aromatic carbocycles. The molecule has 21 heavy (non-hydrogen) atoms. The summed E-state index contributed by atoms with van der Waals surface area (Å²) in [5.41, 5.74) is 2.25. The van der Waals surface area contributed by atoms with Gasteiger partial charge in [0.15, 0.2) is 5.89 Å². The van der Waals surface area contributed by atoms with Gasteiger partial charge in [-0.1, -0.05) is 0 Å². The first-order valence-corrected chi connectivity index (χ1v) is 7.52. The summed E-state index contributed by atoms with van der Waals surface area (Å²) in [5.74, 6) is 1.83. The van der Waals surface area contributed by atoms with Crippen molar-refractivity contribution < 1.29 is 18.4 Å². The van der Waals surface area contributed by atoms with Crippen LogP contribution < -0.4 is 0 Å². The van der Waals surface area contributed by atoms with Crippen LogP contribution in [0, 0.1) is 0 Å². The summed E-state index contributed by atoms with van der Waals surface area (Å²) >= 11 is 0. The third-order valence-corrected chi connectivity index (χ3v) is 4.13. The largest absolute Gasteiger partial charge is 0.468 e. The third kappa shape index (κ3) is 2.48. The smallest absolute Gasteiger partial charge is 0.342 e. The van der Waals surface area contributed by atoms with Gasteiger partial charge in [0.1, 0.15) is 36.2 Å². The minimum absolute atomic E-state index is 0.148. The van der Waals surface area contributed by atoms with Crippen LogP contribution in [0.5, 0.6) is 0 Å². The highest BCUT2D eigenvalue weighted by Crippen LogP contribution is 2.39. The number of carbonyl (C=O) groups excluding carboxylic acids is 1. The Morgan fingerprint density at radius 2 is 2.10 bits per heavy atom. The number of hydrogen-bond donors (Lipinski definition) is 0. The molecule has 1 saturated carbocycles. The minimum atomic E-state index is -0.335. The zero-order chi connectivity index (χ0) is 14.2. The van der Waals surface area contributed by atoms with Gasteiger partial charge in [-0.3, -0.25) is 0 Å². The second-order valence-electron chi connectivity index (χ2n) is 5.79. The standard InChI is InChI=1S/C16H17NO4/c18-16(13-9-19-14-4-2-1-3-12(13)14)21-8-11-7-20-15(17-11)10-5-6-10/h7,9-10H,1-6,8H2. The zero-order valence-corrected chi connectivity index (χ0v) is 11.8. The fourth-order valence-electron chi connectivity index (χ4n) is 2.79. The van der Waals surface area contributed by atoms with Gasteiger partial charge < -0.3 is 13.6 Å². The monoisotopic (exact) mass is 287 g/mol. The highest BCUT2D eigenvalue weighted by atomic mass is 16.5. The Labute approximate surface area is 122 Å². The van der Waals surface area contributed by atoms with Gasteiger partial charge in [-0.25, -0.2) is 9.78 Å². The number of hydrogen-bond acceptors (Lipinski definition) is 5. The molecule has 2 heterocycles. The molecule has 0 spiro atoms. The Bertz CT molecular complexity index is 666. The fourth-order valence-corrected chi connectivity index (χ4v) is 2.79. The number of aromatic nitrogens is 1. The molecule has 0 atom stereocenters. The van der Waals surface area contributed by atoms with E-state index in [9.17, 15) is 4.79 Å². The number of oxazole rings is 1. The summed E-state index contributed by atoms with van der Waals surface area (Å²) in [6, 6.07) is 0. The molecule has 1 fully saturated rings. The van der Waals surface area contributed by atoms with Crippen molar-refractivity contribution in [3.05, 3.63) is 41.0 Å². The van der Waals surface area contributed by atoms with Crippen molar-refractivity contribution >= 4 is 5.97 Å². The number of rotatable bonds is 4. The molecule has 0 amide bonds. The van der Waals surface area contributed by atoms with E-state index in [0.717, 1.165) is 55.7 Å². The predicted octanol–water partition coefficient (Wildman–Crippen LogP) is 3.38. The van der Waals surface area contributed by atoms with Crippen molar-refractivity contribution in [2.24, 2.45) is 0 Å². The number of esters is 1. The lowest BCUT2D eigenvalue weighted by atomic mass is 9.95. The molecule has 5 heteroatoms.